The zero-order chi connectivity index (χ0) is 12.9. The van der Waals surface area contributed by atoms with Gasteiger partial charge in [-0.2, -0.15) is 0 Å². The number of aliphatic hydroxyl groups is 1. The zero-order valence-electron chi connectivity index (χ0n) is 10.6. The Bertz CT molecular complexity index is 351. The van der Waals surface area contributed by atoms with E-state index in [2.05, 4.69) is 0 Å². The third kappa shape index (κ3) is 5.50. The van der Waals surface area contributed by atoms with Gasteiger partial charge in [0.05, 0.1) is 0 Å². The van der Waals surface area contributed by atoms with Crippen LogP contribution in [0.2, 0.25) is 0 Å². The fourth-order valence-corrected chi connectivity index (χ4v) is 1.49. The van der Waals surface area contributed by atoms with Crippen molar-refractivity contribution in [2.45, 2.75) is 39.9 Å². The molecule has 0 saturated carbocycles. The van der Waals surface area contributed by atoms with E-state index in [1.807, 2.05) is 51.1 Å². The average molecular weight is 236 g/mol. The van der Waals surface area contributed by atoms with Crippen molar-refractivity contribution in [3.8, 4) is 0 Å². The normalized spacial score (nSPS) is 13.2. The van der Waals surface area contributed by atoms with Gasteiger partial charge in [-0.05, 0) is 17.4 Å². The first-order chi connectivity index (χ1) is 7.88. The Morgan fingerprint density at radius 2 is 1.88 bits per heavy atom. The lowest BCUT2D eigenvalue weighted by Crippen LogP contribution is -2.27. The van der Waals surface area contributed by atoms with Gasteiger partial charge in [-0.3, -0.25) is 0 Å². The summed E-state index contributed by atoms with van der Waals surface area (Å²) in [6.07, 6.45) is -0.639. The number of hydrogen-bond acceptors (Lipinski definition) is 3. The molecule has 1 aromatic rings. The molecule has 0 aliphatic heterocycles. The van der Waals surface area contributed by atoms with Crippen LogP contribution in [0, 0.1) is 5.41 Å². The minimum atomic E-state index is -1.04. The molecule has 0 fully saturated rings. The number of benzene rings is 1. The van der Waals surface area contributed by atoms with E-state index in [-0.39, 0.29) is 12.0 Å². The molecular formula is C14H20O3. The molecule has 0 aliphatic carbocycles. The third-order valence-electron chi connectivity index (χ3n) is 2.30. The van der Waals surface area contributed by atoms with Crippen molar-refractivity contribution in [1.82, 2.24) is 0 Å². The molecule has 17 heavy (non-hydrogen) atoms. The molecule has 0 heterocycles. The van der Waals surface area contributed by atoms with Gasteiger partial charge in [-0.15, -0.1) is 0 Å². The second-order valence-electron chi connectivity index (χ2n) is 5.37. The largest absolute Gasteiger partial charge is 0.459 e. The monoisotopic (exact) mass is 236 g/mol. The SMILES string of the molecule is CC(C)(C)C[C@H](O)C(=O)OCc1ccccc1. The van der Waals surface area contributed by atoms with Crippen LogP contribution in [0.15, 0.2) is 30.3 Å². The van der Waals surface area contributed by atoms with Crippen LogP contribution in [0.25, 0.3) is 0 Å². The van der Waals surface area contributed by atoms with E-state index < -0.39 is 12.1 Å². The molecule has 3 heteroatoms. The summed E-state index contributed by atoms with van der Waals surface area (Å²) in [5.41, 5.74) is 0.828. The van der Waals surface area contributed by atoms with Gasteiger partial charge in [0.15, 0.2) is 6.10 Å². The van der Waals surface area contributed by atoms with Gasteiger partial charge in [-0.1, -0.05) is 51.1 Å². The third-order valence-corrected chi connectivity index (χ3v) is 2.30. The number of carbonyl (C=O) groups is 1. The van der Waals surface area contributed by atoms with E-state index in [4.69, 9.17) is 4.74 Å². The number of ether oxygens (including phenoxy) is 1. The van der Waals surface area contributed by atoms with E-state index in [0.717, 1.165) is 5.56 Å². The standard InChI is InChI=1S/C14H20O3/c1-14(2,3)9-12(15)13(16)17-10-11-7-5-4-6-8-11/h4-8,12,15H,9-10H2,1-3H3/t12-/m0/s1. The Hall–Kier alpha value is -1.35. The summed E-state index contributed by atoms with van der Waals surface area (Å²) in [7, 11) is 0. The summed E-state index contributed by atoms with van der Waals surface area (Å²) >= 11 is 0. The van der Waals surface area contributed by atoms with Crippen LogP contribution in [0.4, 0.5) is 0 Å². The highest BCUT2D eigenvalue weighted by atomic mass is 16.5. The molecule has 0 aliphatic rings. The number of esters is 1. The molecule has 0 aromatic heterocycles. The van der Waals surface area contributed by atoms with Crippen LogP contribution < -0.4 is 0 Å². The summed E-state index contributed by atoms with van der Waals surface area (Å²) in [5.74, 6) is -0.552. The van der Waals surface area contributed by atoms with E-state index in [9.17, 15) is 9.90 Å². The molecule has 0 spiro atoms. The van der Waals surface area contributed by atoms with Crippen LogP contribution in [0.1, 0.15) is 32.8 Å². The summed E-state index contributed by atoms with van der Waals surface area (Å²) in [6.45, 7) is 6.13. The Kier molecular flexibility index (Phi) is 4.70. The molecule has 1 aromatic carbocycles. The van der Waals surface area contributed by atoms with Crippen LogP contribution in [-0.2, 0) is 16.1 Å². The molecule has 0 unspecified atom stereocenters. The molecule has 94 valence electrons. The Labute approximate surface area is 102 Å². The molecule has 0 bridgehead atoms. The van der Waals surface area contributed by atoms with Crippen LogP contribution >= 0.6 is 0 Å². The van der Waals surface area contributed by atoms with E-state index in [1.54, 1.807) is 0 Å². The number of hydrogen-bond donors (Lipinski definition) is 1. The first-order valence-corrected chi connectivity index (χ1v) is 5.77. The predicted molar refractivity (Wildman–Crippen MR) is 66.3 cm³/mol. The highest BCUT2D eigenvalue weighted by Gasteiger charge is 2.23. The molecule has 0 saturated heterocycles. The summed E-state index contributed by atoms with van der Waals surface area (Å²) in [4.78, 5) is 11.5. The minimum absolute atomic E-state index is 0.0921. The van der Waals surface area contributed by atoms with E-state index in [1.165, 1.54) is 0 Å². The Balaban J connectivity index is 2.40. The van der Waals surface area contributed by atoms with Crippen molar-refractivity contribution in [1.29, 1.82) is 0 Å². The highest BCUT2D eigenvalue weighted by molar-refractivity contribution is 5.74. The summed E-state index contributed by atoms with van der Waals surface area (Å²) in [5, 5.41) is 9.66. The van der Waals surface area contributed by atoms with Crippen LogP contribution in [0.3, 0.4) is 0 Å². The molecule has 1 rings (SSSR count). The second-order valence-corrected chi connectivity index (χ2v) is 5.37. The fourth-order valence-electron chi connectivity index (χ4n) is 1.49. The number of aliphatic hydroxyl groups excluding tert-OH is 1. The lowest BCUT2D eigenvalue weighted by atomic mass is 9.89. The lowest BCUT2D eigenvalue weighted by Gasteiger charge is -2.21. The predicted octanol–water partition coefficient (Wildman–Crippen LogP) is 2.53. The van der Waals surface area contributed by atoms with Gasteiger partial charge in [0.2, 0.25) is 0 Å². The van der Waals surface area contributed by atoms with Crippen LogP contribution in [-0.4, -0.2) is 17.2 Å². The van der Waals surface area contributed by atoms with E-state index >= 15 is 0 Å². The first kappa shape index (κ1) is 13.7. The second kappa shape index (κ2) is 5.82. The van der Waals surface area contributed by atoms with Crippen molar-refractivity contribution in [3.05, 3.63) is 35.9 Å². The Morgan fingerprint density at radius 3 is 2.41 bits per heavy atom. The van der Waals surface area contributed by atoms with Gasteiger partial charge < -0.3 is 9.84 Å². The lowest BCUT2D eigenvalue weighted by molar-refractivity contribution is -0.156. The number of rotatable bonds is 4. The summed E-state index contributed by atoms with van der Waals surface area (Å²) < 4.78 is 5.05. The van der Waals surface area contributed by atoms with Gasteiger partial charge in [0.25, 0.3) is 0 Å². The maximum absolute atomic E-state index is 11.5. The molecule has 0 radical (unpaired) electrons. The van der Waals surface area contributed by atoms with Crippen molar-refractivity contribution in [3.63, 3.8) is 0 Å². The van der Waals surface area contributed by atoms with Gasteiger partial charge in [0, 0.05) is 0 Å². The molecule has 1 N–H and O–H groups in total. The summed E-state index contributed by atoms with van der Waals surface area (Å²) in [6, 6.07) is 9.43. The molecule has 3 nitrogen and oxygen atoms in total. The van der Waals surface area contributed by atoms with Gasteiger partial charge in [-0.25, -0.2) is 4.79 Å². The molecule has 0 amide bonds. The van der Waals surface area contributed by atoms with Crippen LogP contribution in [0.5, 0.6) is 0 Å². The van der Waals surface area contributed by atoms with Crippen molar-refractivity contribution < 1.29 is 14.6 Å². The highest BCUT2D eigenvalue weighted by Crippen LogP contribution is 2.21. The van der Waals surface area contributed by atoms with E-state index in [0.29, 0.717) is 6.42 Å². The van der Waals surface area contributed by atoms with Crippen molar-refractivity contribution in [2.24, 2.45) is 5.41 Å². The molecular weight excluding hydrogens is 216 g/mol. The topological polar surface area (TPSA) is 46.5 Å². The van der Waals surface area contributed by atoms with Crippen molar-refractivity contribution in [2.75, 3.05) is 0 Å². The zero-order valence-corrected chi connectivity index (χ0v) is 10.6. The smallest absolute Gasteiger partial charge is 0.335 e. The minimum Gasteiger partial charge on any atom is -0.459 e. The van der Waals surface area contributed by atoms with Crippen molar-refractivity contribution >= 4 is 5.97 Å². The Morgan fingerprint density at radius 1 is 1.29 bits per heavy atom. The first-order valence-electron chi connectivity index (χ1n) is 5.77. The molecule has 1 atom stereocenters. The maximum atomic E-state index is 11.5. The van der Waals surface area contributed by atoms with Gasteiger partial charge >= 0.3 is 5.97 Å². The fraction of sp³-hybridized carbons (Fsp3) is 0.500. The van der Waals surface area contributed by atoms with Gasteiger partial charge in [0.1, 0.15) is 6.61 Å². The number of carbonyl (C=O) groups excluding carboxylic acids is 1. The maximum Gasteiger partial charge on any atom is 0.335 e. The quantitative estimate of drug-likeness (QED) is 0.817. The average Bonchev–Trinajstić information content (AvgIpc) is 2.25.